The molecule has 1 aliphatic rings. The van der Waals surface area contributed by atoms with E-state index < -0.39 is 0 Å². The molecule has 0 spiro atoms. The van der Waals surface area contributed by atoms with E-state index in [9.17, 15) is 4.79 Å². The predicted octanol–water partition coefficient (Wildman–Crippen LogP) is 5.45. The van der Waals surface area contributed by atoms with Gasteiger partial charge in [-0.3, -0.25) is 4.79 Å². The van der Waals surface area contributed by atoms with Crippen LogP contribution < -0.4 is 14.8 Å². The molecular weight excluding hydrogens is 432 g/mol. The number of fused-ring (bicyclic) bond motifs is 1. The fraction of sp³-hybridized carbons (Fsp3) is 0.100. The van der Waals surface area contributed by atoms with Gasteiger partial charge in [0.15, 0.2) is 11.5 Å². The summed E-state index contributed by atoms with van der Waals surface area (Å²) in [7, 11) is 0. The van der Waals surface area contributed by atoms with Crippen molar-refractivity contribution in [3.8, 4) is 22.6 Å². The molecule has 0 aliphatic carbocycles. The molecule has 1 N–H and O–H groups in total. The molecule has 0 atom stereocenters. The first-order valence-corrected chi connectivity index (χ1v) is 9.31. The van der Waals surface area contributed by atoms with Gasteiger partial charge in [-0.25, -0.2) is 4.98 Å². The zero-order valence-corrected chi connectivity index (χ0v) is 16.6. The molecule has 7 heteroatoms. The largest absolute Gasteiger partial charge is 0.454 e. The number of nitrogens with zero attached hydrogens (tertiary/aromatic N) is 1. The number of aryl methyl sites for hydroxylation is 1. The summed E-state index contributed by atoms with van der Waals surface area (Å²) in [5.74, 6) is 1.54. The maximum atomic E-state index is 12.4. The minimum Gasteiger partial charge on any atom is -0.454 e. The average Bonchev–Trinajstić information content (AvgIpc) is 3.09. The Balaban J connectivity index is 1.55. The second kappa shape index (κ2) is 7.21. The summed E-state index contributed by atoms with van der Waals surface area (Å²) < 4.78 is 11.7. The molecule has 1 amide bonds. The molecule has 0 saturated heterocycles. The Morgan fingerprint density at radius 3 is 2.63 bits per heavy atom. The number of amides is 1. The van der Waals surface area contributed by atoms with Crippen LogP contribution in [0.2, 0.25) is 5.02 Å². The van der Waals surface area contributed by atoms with Gasteiger partial charge in [-0.05, 0) is 48.9 Å². The number of halogens is 2. The van der Waals surface area contributed by atoms with Crippen LogP contribution in [0.3, 0.4) is 0 Å². The van der Waals surface area contributed by atoms with Crippen LogP contribution in [0.15, 0.2) is 53.1 Å². The molecule has 0 saturated carbocycles. The Morgan fingerprint density at radius 1 is 1.15 bits per heavy atom. The number of pyridine rings is 1. The van der Waals surface area contributed by atoms with E-state index in [1.807, 2.05) is 31.2 Å². The number of aromatic nitrogens is 1. The number of hydrogen-bond acceptors (Lipinski definition) is 4. The van der Waals surface area contributed by atoms with Crippen LogP contribution in [0.1, 0.15) is 15.9 Å². The van der Waals surface area contributed by atoms with Crippen LogP contribution in [-0.2, 0) is 0 Å². The number of hydrogen-bond donors (Lipinski definition) is 1. The summed E-state index contributed by atoms with van der Waals surface area (Å²) in [4.78, 5) is 16.7. The molecule has 2 aromatic carbocycles. The Kier molecular flexibility index (Phi) is 4.76. The summed E-state index contributed by atoms with van der Waals surface area (Å²) in [6, 6.07) is 12.7. The van der Waals surface area contributed by atoms with Crippen molar-refractivity contribution < 1.29 is 14.3 Å². The maximum Gasteiger partial charge on any atom is 0.258 e. The standard InChI is InChI=1S/C20H14BrClN2O3/c1-11-2-4-13(16(22)6-11)20(25)24-19-5-3-12(9-23-19)14-7-17-18(8-15(14)21)27-10-26-17/h2-9H,10H2,1H3,(H,23,24,25). The van der Waals surface area contributed by atoms with Crippen LogP contribution in [0.5, 0.6) is 11.5 Å². The zero-order chi connectivity index (χ0) is 19.0. The van der Waals surface area contributed by atoms with E-state index in [1.165, 1.54) is 0 Å². The minimum absolute atomic E-state index is 0.218. The Labute approximate surface area is 169 Å². The van der Waals surface area contributed by atoms with Gasteiger partial charge in [0.1, 0.15) is 5.82 Å². The molecule has 27 heavy (non-hydrogen) atoms. The molecule has 0 fully saturated rings. The molecule has 0 bridgehead atoms. The van der Waals surface area contributed by atoms with Crippen LogP contribution in [0.25, 0.3) is 11.1 Å². The van der Waals surface area contributed by atoms with Gasteiger partial charge in [0, 0.05) is 21.8 Å². The number of ether oxygens (including phenoxy) is 2. The second-order valence-electron chi connectivity index (χ2n) is 6.05. The molecule has 2 heterocycles. The topological polar surface area (TPSA) is 60.5 Å². The molecule has 5 nitrogen and oxygen atoms in total. The van der Waals surface area contributed by atoms with Crippen LogP contribution >= 0.6 is 27.5 Å². The predicted molar refractivity (Wildman–Crippen MR) is 108 cm³/mol. The van der Waals surface area contributed by atoms with E-state index in [1.54, 1.807) is 24.4 Å². The van der Waals surface area contributed by atoms with Gasteiger partial charge in [-0.15, -0.1) is 0 Å². The van der Waals surface area contributed by atoms with Crippen LogP contribution in [0.4, 0.5) is 5.82 Å². The molecule has 1 aromatic heterocycles. The summed E-state index contributed by atoms with van der Waals surface area (Å²) in [6.45, 7) is 2.14. The minimum atomic E-state index is -0.301. The SMILES string of the molecule is Cc1ccc(C(=O)Nc2ccc(-c3cc4c(cc3Br)OCO4)cn2)c(Cl)c1. The van der Waals surface area contributed by atoms with Gasteiger partial charge < -0.3 is 14.8 Å². The molecule has 0 unspecified atom stereocenters. The number of benzene rings is 2. The molecule has 0 radical (unpaired) electrons. The van der Waals surface area contributed by atoms with Crippen molar-refractivity contribution in [2.24, 2.45) is 0 Å². The smallest absolute Gasteiger partial charge is 0.258 e. The van der Waals surface area contributed by atoms with Crippen molar-refractivity contribution in [1.82, 2.24) is 4.98 Å². The lowest BCUT2D eigenvalue weighted by atomic mass is 10.1. The molecule has 1 aliphatic heterocycles. The van der Waals surface area contributed by atoms with Crippen molar-refractivity contribution in [1.29, 1.82) is 0 Å². The molecule has 4 rings (SSSR count). The third-order valence-electron chi connectivity index (χ3n) is 4.15. The van der Waals surface area contributed by atoms with Crippen LogP contribution in [-0.4, -0.2) is 17.7 Å². The van der Waals surface area contributed by atoms with Gasteiger partial charge in [-0.2, -0.15) is 0 Å². The van der Waals surface area contributed by atoms with Crippen molar-refractivity contribution in [2.45, 2.75) is 6.92 Å². The van der Waals surface area contributed by atoms with Crippen molar-refractivity contribution in [3.63, 3.8) is 0 Å². The Hall–Kier alpha value is -2.57. The lowest BCUT2D eigenvalue weighted by Gasteiger charge is -2.09. The lowest BCUT2D eigenvalue weighted by Crippen LogP contribution is -2.13. The summed E-state index contributed by atoms with van der Waals surface area (Å²) in [6.07, 6.45) is 1.69. The molecule has 3 aromatic rings. The monoisotopic (exact) mass is 444 g/mol. The first kappa shape index (κ1) is 17.8. The lowest BCUT2D eigenvalue weighted by molar-refractivity contribution is 0.102. The maximum absolute atomic E-state index is 12.4. The zero-order valence-electron chi connectivity index (χ0n) is 14.3. The molecular formula is C20H14BrClN2O3. The number of rotatable bonds is 3. The summed E-state index contributed by atoms with van der Waals surface area (Å²) in [5, 5.41) is 3.17. The third-order valence-corrected chi connectivity index (χ3v) is 5.12. The van der Waals surface area contributed by atoms with Crippen molar-refractivity contribution in [3.05, 3.63) is 69.3 Å². The number of nitrogens with one attached hydrogen (secondary N) is 1. The van der Waals surface area contributed by atoms with Gasteiger partial charge in [0.05, 0.1) is 10.6 Å². The van der Waals surface area contributed by atoms with E-state index in [0.29, 0.717) is 27.9 Å². The fourth-order valence-electron chi connectivity index (χ4n) is 2.75. The van der Waals surface area contributed by atoms with Gasteiger partial charge >= 0.3 is 0 Å². The quantitative estimate of drug-likeness (QED) is 0.582. The fourth-order valence-corrected chi connectivity index (χ4v) is 3.63. The highest BCUT2D eigenvalue weighted by atomic mass is 79.9. The number of carbonyl (C=O) groups is 1. The second-order valence-corrected chi connectivity index (χ2v) is 7.32. The van der Waals surface area contributed by atoms with E-state index >= 15 is 0 Å². The van der Waals surface area contributed by atoms with E-state index in [4.69, 9.17) is 21.1 Å². The average molecular weight is 446 g/mol. The first-order valence-electron chi connectivity index (χ1n) is 8.14. The summed E-state index contributed by atoms with van der Waals surface area (Å²) >= 11 is 9.69. The molecule has 136 valence electrons. The number of anilines is 1. The van der Waals surface area contributed by atoms with Crippen molar-refractivity contribution >= 4 is 39.3 Å². The highest BCUT2D eigenvalue weighted by molar-refractivity contribution is 9.10. The van der Waals surface area contributed by atoms with Crippen molar-refractivity contribution in [2.75, 3.05) is 12.1 Å². The van der Waals surface area contributed by atoms with Gasteiger partial charge in [0.2, 0.25) is 6.79 Å². The van der Waals surface area contributed by atoms with Gasteiger partial charge in [-0.1, -0.05) is 33.6 Å². The summed E-state index contributed by atoms with van der Waals surface area (Å²) in [5.41, 5.74) is 3.21. The number of carbonyl (C=O) groups excluding carboxylic acids is 1. The van der Waals surface area contributed by atoms with E-state index in [2.05, 4.69) is 26.2 Å². The third kappa shape index (κ3) is 3.63. The normalized spacial score (nSPS) is 12.1. The van der Waals surface area contributed by atoms with E-state index in [0.717, 1.165) is 21.2 Å². The van der Waals surface area contributed by atoms with E-state index in [-0.39, 0.29) is 12.7 Å². The van der Waals surface area contributed by atoms with Gasteiger partial charge in [0.25, 0.3) is 5.91 Å². The van der Waals surface area contributed by atoms with Crippen LogP contribution in [0, 0.1) is 6.92 Å². The Bertz CT molecular complexity index is 1040. The highest BCUT2D eigenvalue weighted by Crippen LogP contribution is 2.41. The first-order chi connectivity index (χ1) is 13.0. The highest BCUT2D eigenvalue weighted by Gasteiger charge is 2.17. The Morgan fingerprint density at radius 2 is 1.93 bits per heavy atom.